The van der Waals surface area contributed by atoms with Gasteiger partial charge in [0.1, 0.15) is 12.7 Å². The molecule has 2 rings (SSSR count). The summed E-state index contributed by atoms with van der Waals surface area (Å²) < 4.78 is 1.89. The molecule has 17 heavy (non-hydrogen) atoms. The maximum atomic E-state index is 11.8. The number of nitrogens with one attached hydrogen (secondary N) is 1. The Hall–Kier alpha value is -1.43. The van der Waals surface area contributed by atoms with Gasteiger partial charge < -0.3 is 29.3 Å². The summed E-state index contributed by atoms with van der Waals surface area (Å²) in [7, 11) is 1.91. The van der Waals surface area contributed by atoms with Crippen LogP contribution >= 0.6 is 0 Å². The Balaban J connectivity index is 0.00000144. The Morgan fingerprint density at radius 3 is 2.47 bits per heavy atom. The molecule has 0 saturated heterocycles. The van der Waals surface area contributed by atoms with Gasteiger partial charge in [-0.1, -0.05) is 18.2 Å². The molecule has 0 fully saturated rings. The van der Waals surface area contributed by atoms with Crippen LogP contribution in [0.2, 0.25) is 0 Å². The molecule has 2 aromatic rings. The first-order valence-corrected chi connectivity index (χ1v) is 5.07. The van der Waals surface area contributed by atoms with Gasteiger partial charge in [-0.15, -0.1) is 0 Å². The van der Waals surface area contributed by atoms with Crippen molar-refractivity contribution in [3.63, 3.8) is 0 Å². The molecule has 1 N–H and O–H groups in total. The first-order chi connectivity index (χ1) is 7.75. The van der Waals surface area contributed by atoms with Crippen molar-refractivity contribution in [2.45, 2.75) is 0 Å². The highest BCUT2D eigenvalue weighted by Crippen LogP contribution is 2.05. The molecule has 0 unspecified atom stereocenters. The highest BCUT2D eigenvalue weighted by Gasteiger charge is 2.06. The summed E-state index contributed by atoms with van der Waals surface area (Å²) in [5.74, 6) is -0.0909. The van der Waals surface area contributed by atoms with Crippen molar-refractivity contribution in [1.82, 2.24) is 0 Å². The Bertz CT molecular complexity index is 500. The Kier molecular flexibility index (Phi) is 5.09. The minimum absolute atomic E-state index is 0. The Morgan fingerprint density at radius 1 is 1.12 bits per heavy atom. The summed E-state index contributed by atoms with van der Waals surface area (Å²) in [5, 5.41) is 2.84. The van der Waals surface area contributed by atoms with Crippen LogP contribution in [0.1, 0.15) is 10.4 Å². The van der Waals surface area contributed by atoms with E-state index in [0.29, 0.717) is 5.56 Å². The number of halogens is 1. The molecular weight excluding hydrogens is 327 g/mol. The molecule has 0 aliphatic carbocycles. The Labute approximate surface area is 118 Å². The number of carbonyl (C=O) groups excluding carboxylic acids is 1. The van der Waals surface area contributed by atoms with Gasteiger partial charge in [-0.2, -0.15) is 0 Å². The first kappa shape index (κ1) is 13.6. The van der Waals surface area contributed by atoms with Crippen molar-refractivity contribution in [1.29, 1.82) is 0 Å². The summed E-state index contributed by atoms with van der Waals surface area (Å²) >= 11 is 0. The fourth-order valence-electron chi connectivity index (χ4n) is 1.45. The molecule has 1 amide bonds. The number of benzene rings is 1. The quantitative estimate of drug-likeness (QED) is 0.539. The second-order valence-corrected chi connectivity index (χ2v) is 3.58. The molecule has 4 heteroatoms. The molecule has 0 bridgehead atoms. The van der Waals surface area contributed by atoms with Gasteiger partial charge >= 0.3 is 0 Å². The van der Waals surface area contributed by atoms with Crippen LogP contribution in [0.3, 0.4) is 0 Å². The van der Waals surface area contributed by atoms with Crippen LogP contribution in [0.15, 0.2) is 54.9 Å². The number of rotatable bonds is 2. The van der Waals surface area contributed by atoms with Crippen LogP contribution in [0.4, 0.5) is 5.69 Å². The fourth-order valence-corrected chi connectivity index (χ4v) is 1.45. The van der Waals surface area contributed by atoms with Crippen molar-refractivity contribution in [3.05, 3.63) is 60.4 Å². The third-order valence-corrected chi connectivity index (χ3v) is 2.23. The van der Waals surface area contributed by atoms with Crippen LogP contribution in [0.5, 0.6) is 0 Å². The number of aryl methyl sites for hydroxylation is 1. The molecule has 1 aromatic carbocycles. The zero-order valence-electron chi connectivity index (χ0n) is 9.43. The normalized spacial score (nSPS) is 9.24. The van der Waals surface area contributed by atoms with Crippen molar-refractivity contribution in [2.24, 2.45) is 7.05 Å². The van der Waals surface area contributed by atoms with Crippen LogP contribution in [-0.2, 0) is 7.05 Å². The van der Waals surface area contributed by atoms with Gasteiger partial charge in [0.15, 0.2) is 12.4 Å². The average Bonchev–Trinajstić information content (AvgIpc) is 2.30. The van der Waals surface area contributed by atoms with Crippen molar-refractivity contribution in [3.8, 4) is 0 Å². The van der Waals surface area contributed by atoms with Gasteiger partial charge in [0, 0.05) is 11.6 Å². The van der Waals surface area contributed by atoms with Crippen molar-refractivity contribution >= 4 is 11.6 Å². The lowest BCUT2D eigenvalue weighted by molar-refractivity contribution is -0.670. The molecule has 1 aromatic heterocycles. The number of aromatic nitrogens is 1. The third-order valence-electron chi connectivity index (χ3n) is 2.23. The van der Waals surface area contributed by atoms with E-state index in [-0.39, 0.29) is 29.9 Å². The van der Waals surface area contributed by atoms with Crippen molar-refractivity contribution in [2.75, 3.05) is 5.32 Å². The van der Waals surface area contributed by atoms with E-state index >= 15 is 0 Å². The predicted molar refractivity (Wildman–Crippen MR) is 62.0 cm³/mol. The summed E-state index contributed by atoms with van der Waals surface area (Å²) in [6.45, 7) is 0. The molecule has 0 aliphatic rings. The van der Waals surface area contributed by atoms with Crippen LogP contribution in [0.25, 0.3) is 0 Å². The molecule has 0 atom stereocenters. The first-order valence-electron chi connectivity index (χ1n) is 5.07. The van der Waals surface area contributed by atoms with E-state index < -0.39 is 0 Å². The number of hydrogen-bond acceptors (Lipinski definition) is 1. The summed E-state index contributed by atoms with van der Waals surface area (Å²) in [6, 6.07) is 12.9. The van der Waals surface area contributed by atoms with Gasteiger partial charge in [0.2, 0.25) is 0 Å². The number of hydrogen-bond donors (Lipinski definition) is 1. The maximum Gasteiger partial charge on any atom is 0.255 e. The molecule has 88 valence electrons. The Morgan fingerprint density at radius 2 is 1.82 bits per heavy atom. The number of anilines is 1. The van der Waals surface area contributed by atoms with E-state index in [9.17, 15) is 4.79 Å². The molecule has 3 nitrogen and oxygen atoms in total. The number of nitrogens with zero attached hydrogens (tertiary/aromatic N) is 1. The minimum Gasteiger partial charge on any atom is -1.00 e. The molecule has 0 radical (unpaired) electrons. The van der Waals surface area contributed by atoms with Crippen molar-refractivity contribution < 1.29 is 33.3 Å². The summed E-state index contributed by atoms with van der Waals surface area (Å²) in [4.78, 5) is 11.8. The fraction of sp³-hybridized carbons (Fsp3) is 0.0769. The van der Waals surface area contributed by atoms with Crippen LogP contribution in [0, 0.1) is 0 Å². The molecular formula is C13H13IN2O. The third kappa shape index (κ3) is 3.81. The van der Waals surface area contributed by atoms with E-state index in [1.165, 1.54) is 0 Å². The van der Waals surface area contributed by atoms with Crippen LogP contribution in [-0.4, -0.2) is 5.91 Å². The van der Waals surface area contributed by atoms with Crippen LogP contribution < -0.4 is 33.9 Å². The molecule has 0 spiro atoms. The van der Waals surface area contributed by atoms with E-state index in [1.54, 1.807) is 12.1 Å². The molecule has 0 aliphatic heterocycles. The topological polar surface area (TPSA) is 33.0 Å². The molecule has 1 heterocycles. The minimum atomic E-state index is -0.0909. The zero-order valence-corrected chi connectivity index (χ0v) is 11.6. The van der Waals surface area contributed by atoms with E-state index in [1.807, 2.05) is 54.3 Å². The van der Waals surface area contributed by atoms with E-state index in [4.69, 9.17) is 0 Å². The molecule has 0 saturated carbocycles. The maximum absolute atomic E-state index is 11.8. The largest absolute Gasteiger partial charge is 1.00 e. The zero-order chi connectivity index (χ0) is 11.4. The number of carbonyl (C=O) groups is 1. The highest BCUT2D eigenvalue weighted by atomic mass is 127. The number of pyridine rings is 1. The summed E-state index contributed by atoms with van der Waals surface area (Å²) in [5.41, 5.74) is 1.45. The van der Waals surface area contributed by atoms with Gasteiger partial charge in [-0.25, -0.2) is 4.57 Å². The SMILES string of the molecule is C[n+]1cccc(NC(=O)c2ccccc2)c1.[I-]. The summed E-state index contributed by atoms with van der Waals surface area (Å²) in [6.07, 6.45) is 3.78. The van der Waals surface area contributed by atoms with Gasteiger partial charge in [0.05, 0.1) is 0 Å². The van der Waals surface area contributed by atoms with Gasteiger partial charge in [0.25, 0.3) is 5.91 Å². The second-order valence-electron chi connectivity index (χ2n) is 3.58. The average molecular weight is 340 g/mol. The lowest BCUT2D eigenvalue weighted by atomic mass is 10.2. The number of amides is 1. The second kappa shape index (κ2) is 6.34. The van der Waals surface area contributed by atoms with E-state index in [0.717, 1.165) is 5.69 Å². The monoisotopic (exact) mass is 340 g/mol. The van der Waals surface area contributed by atoms with E-state index in [2.05, 4.69) is 5.32 Å². The highest BCUT2D eigenvalue weighted by molar-refractivity contribution is 6.04. The lowest BCUT2D eigenvalue weighted by Crippen LogP contribution is -3.00. The predicted octanol–water partition coefficient (Wildman–Crippen LogP) is -1.23. The standard InChI is InChI=1S/C13H12N2O.HI/c1-15-9-5-8-12(10-15)14-13(16)11-6-3-2-4-7-11;/h2-10H,1H3;1H. The van der Waals surface area contributed by atoms with Gasteiger partial charge in [-0.3, -0.25) is 4.79 Å². The van der Waals surface area contributed by atoms with Gasteiger partial charge in [-0.05, 0) is 18.2 Å². The smallest absolute Gasteiger partial charge is 0.255 e. The lowest BCUT2D eigenvalue weighted by Gasteiger charge is -2.02.